The van der Waals surface area contributed by atoms with Crippen LogP contribution in [0.5, 0.6) is 0 Å². The van der Waals surface area contributed by atoms with E-state index in [4.69, 9.17) is 4.74 Å². The van der Waals surface area contributed by atoms with Gasteiger partial charge in [0.1, 0.15) is 17.1 Å². The minimum Gasteiger partial charge on any atom is -0.360 e. The van der Waals surface area contributed by atoms with Crippen LogP contribution in [0.1, 0.15) is 46.6 Å². The zero-order valence-electron chi connectivity index (χ0n) is 14.2. The summed E-state index contributed by atoms with van der Waals surface area (Å²) in [5, 5.41) is 4.24. The molecule has 1 amide bonds. The molecule has 0 bridgehead atoms. The van der Waals surface area contributed by atoms with Gasteiger partial charge in [-0.3, -0.25) is 9.48 Å². The van der Waals surface area contributed by atoms with Crippen molar-refractivity contribution in [3.05, 3.63) is 40.7 Å². The van der Waals surface area contributed by atoms with Crippen LogP contribution >= 0.6 is 0 Å². The summed E-state index contributed by atoms with van der Waals surface area (Å²) < 4.78 is 7.64. The molecule has 7 heteroatoms. The fourth-order valence-corrected chi connectivity index (χ4v) is 3.53. The van der Waals surface area contributed by atoms with Crippen molar-refractivity contribution < 1.29 is 9.53 Å². The predicted molar refractivity (Wildman–Crippen MR) is 86.3 cm³/mol. The van der Waals surface area contributed by atoms with Gasteiger partial charge in [-0.05, 0) is 19.4 Å². The molecule has 126 valence electrons. The Bertz CT molecular complexity index is 807. The maximum Gasteiger partial charge on any atom is 0.272 e. The van der Waals surface area contributed by atoms with E-state index in [9.17, 15) is 4.79 Å². The van der Waals surface area contributed by atoms with Gasteiger partial charge in [-0.2, -0.15) is 5.10 Å². The number of carbonyl (C=O) groups excluding carboxylic acids is 1. The molecule has 2 aliphatic heterocycles. The Morgan fingerprint density at radius 3 is 2.88 bits per heavy atom. The zero-order valence-corrected chi connectivity index (χ0v) is 14.2. The van der Waals surface area contributed by atoms with Gasteiger partial charge in [0.15, 0.2) is 0 Å². The van der Waals surface area contributed by atoms with Crippen LogP contribution in [0.25, 0.3) is 0 Å². The number of hydrogen-bond donors (Lipinski definition) is 0. The predicted octanol–water partition coefficient (Wildman–Crippen LogP) is 1.35. The highest BCUT2D eigenvalue weighted by Gasteiger charge is 2.53. The molecule has 0 unspecified atom stereocenters. The van der Waals surface area contributed by atoms with Crippen molar-refractivity contribution in [2.45, 2.75) is 38.9 Å². The number of fused-ring (bicyclic) bond motifs is 2. The topological polar surface area (TPSA) is 73.1 Å². The van der Waals surface area contributed by atoms with E-state index in [0.717, 1.165) is 35.6 Å². The van der Waals surface area contributed by atoms with Crippen molar-refractivity contribution in [3.8, 4) is 0 Å². The lowest BCUT2D eigenvalue weighted by Crippen LogP contribution is -2.61. The molecule has 0 aromatic carbocycles. The first kappa shape index (κ1) is 15.3. The number of hydrogen-bond acceptors (Lipinski definition) is 5. The van der Waals surface area contributed by atoms with Crippen LogP contribution in [0.4, 0.5) is 0 Å². The first-order valence-corrected chi connectivity index (χ1v) is 8.31. The first-order valence-electron chi connectivity index (χ1n) is 8.31. The minimum atomic E-state index is -0.427. The molecule has 0 saturated carbocycles. The van der Waals surface area contributed by atoms with Crippen LogP contribution in [-0.4, -0.2) is 43.6 Å². The highest BCUT2D eigenvalue weighted by atomic mass is 16.5. The van der Waals surface area contributed by atoms with Crippen LogP contribution in [0.3, 0.4) is 0 Å². The summed E-state index contributed by atoms with van der Waals surface area (Å²) in [6.07, 6.45) is 3.79. The molecule has 1 spiro atoms. The van der Waals surface area contributed by atoms with Crippen molar-refractivity contribution in [2.24, 2.45) is 7.05 Å². The molecule has 2 aromatic heterocycles. The van der Waals surface area contributed by atoms with E-state index in [1.807, 2.05) is 19.2 Å². The molecule has 4 rings (SSSR count). The van der Waals surface area contributed by atoms with Gasteiger partial charge in [-0.1, -0.05) is 6.92 Å². The second kappa shape index (κ2) is 5.37. The summed E-state index contributed by atoms with van der Waals surface area (Å²) >= 11 is 0. The van der Waals surface area contributed by atoms with Gasteiger partial charge in [0.25, 0.3) is 5.91 Å². The van der Waals surface area contributed by atoms with Crippen molar-refractivity contribution in [1.29, 1.82) is 0 Å². The van der Waals surface area contributed by atoms with Crippen LogP contribution in [-0.2, 0) is 30.4 Å². The van der Waals surface area contributed by atoms with Crippen molar-refractivity contribution >= 4 is 5.91 Å². The monoisotopic (exact) mass is 327 g/mol. The second-order valence-corrected chi connectivity index (χ2v) is 6.64. The SMILES string of the molecule is CCCc1ncc2c(n1)COC21CN(C(=O)c2cc(C)nn2C)C1. The summed E-state index contributed by atoms with van der Waals surface area (Å²) in [7, 11) is 1.79. The summed E-state index contributed by atoms with van der Waals surface area (Å²) in [5.41, 5.74) is 3.03. The summed E-state index contributed by atoms with van der Waals surface area (Å²) in [5.74, 6) is 0.860. The van der Waals surface area contributed by atoms with Gasteiger partial charge in [0, 0.05) is 25.2 Å². The Morgan fingerprint density at radius 2 is 2.21 bits per heavy atom. The highest BCUT2D eigenvalue weighted by Crippen LogP contribution is 2.42. The van der Waals surface area contributed by atoms with Crippen LogP contribution < -0.4 is 0 Å². The lowest BCUT2D eigenvalue weighted by Gasteiger charge is -2.47. The van der Waals surface area contributed by atoms with Crippen molar-refractivity contribution in [1.82, 2.24) is 24.6 Å². The third-order valence-corrected chi connectivity index (χ3v) is 4.77. The number of ether oxygens (including phenoxy) is 1. The molecule has 1 saturated heterocycles. The minimum absolute atomic E-state index is 0.00991. The fraction of sp³-hybridized carbons (Fsp3) is 0.529. The van der Waals surface area contributed by atoms with Gasteiger partial charge in [0.2, 0.25) is 0 Å². The summed E-state index contributed by atoms with van der Waals surface area (Å²) in [6, 6.07) is 1.82. The molecule has 7 nitrogen and oxygen atoms in total. The number of nitrogens with zero attached hydrogens (tertiary/aromatic N) is 5. The number of likely N-dealkylation sites (tertiary alicyclic amines) is 1. The Labute approximate surface area is 140 Å². The number of carbonyl (C=O) groups is 1. The number of amides is 1. The third-order valence-electron chi connectivity index (χ3n) is 4.77. The van der Waals surface area contributed by atoms with Crippen molar-refractivity contribution in [3.63, 3.8) is 0 Å². The smallest absolute Gasteiger partial charge is 0.272 e. The molecule has 2 aliphatic rings. The molecule has 2 aromatic rings. The molecule has 0 radical (unpaired) electrons. The lowest BCUT2D eigenvalue weighted by molar-refractivity contribution is -0.126. The average Bonchev–Trinajstić information content (AvgIpc) is 3.05. The standard InChI is InChI=1S/C17H21N5O2/c1-4-5-15-18-7-12-13(19-15)8-24-17(12)9-22(10-17)16(23)14-6-11(2)20-21(14)3/h6-7H,4-5,8-10H2,1-3H3. The highest BCUT2D eigenvalue weighted by molar-refractivity contribution is 5.93. The quantitative estimate of drug-likeness (QED) is 0.851. The van der Waals surface area contributed by atoms with E-state index in [-0.39, 0.29) is 5.91 Å². The van der Waals surface area contributed by atoms with Gasteiger partial charge in [-0.15, -0.1) is 0 Å². The van der Waals surface area contributed by atoms with Crippen LogP contribution in [0.2, 0.25) is 0 Å². The Balaban J connectivity index is 1.52. The fourth-order valence-electron chi connectivity index (χ4n) is 3.53. The van der Waals surface area contributed by atoms with E-state index < -0.39 is 5.60 Å². The molecular weight excluding hydrogens is 306 g/mol. The Kier molecular flexibility index (Phi) is 3.42. The van der Waals surface area contributed by atoms with Crippen LogP contribution in [0.15, 0.2) is 12.3 Å². The largest absolute Gasteiger partial charge is 0.360 e. The van der Waals surface area contributed by atoms with E-state index in [2.05, 4.69) is 22.0 Å². The number of aryl methyl sites for hydroxylation is 3. The molecule has 0 atom stereocenters. The molecule has 0 N–H and O–H groups in total. The van der Waals surface area contributed by atoms with Gasteiger partial charge >= 0.3 is 0 Å². The van der Waals surface area contributed by atoms with Crippen LogP contribution in [0, 0.1) is 6.92 Å². The van der Waals surface area contributed by atoms with E-state index in [1.165, 1.54) is 0 Å². The molecule has 4 heterocycles. The molecular formula is C17H21N5O2. The van der Waals surface area contributed by atoms with Crippen molar-refractivity contribution in [2.75, 3.05) is 13.1 Å². The average molecular weight is 327 g/mol. The number of aromatic nitrogens is 4. The molecule has 24 heavy (non-hydrogen) atoms. The molecule has 1 fully saturated rings. The lowest BCUT2D eigenvalue weighted by atomic mass is 9.87. The number of rotatable bonds is 3. The van der Waals surface area contributed by atoms with Gasteiger partial charge in [0.05, 0.1) is 31.1 Å². The van der Waals surface area contributed by atoms with E-state index >= 15 is 0 Å². The van der Waals surface area contributed by atoms with E-state index in [0.29, 0.717) is 25.4 Å². The normalized spacial score (nSPS) is 17.9. The first-order chi connectivity index (χ1) is 11.5. The summed E-state index contributed by atoms with van der Waals surface area (Å²) in [4.78, 5) is 23.5. The summed E-state index contributed by atoms with van der Waals surface area (Å²) in [6.45, 7) is 5.58. The second-order valence-electron chi connectivity index (χ2n) is 6.64. The van der Waals surface area contributed by atoms with Gasteiger partial charge < -0.3 is 9.64 Å². The maximum absolute atomic E-state index is 12.6. The Morgan fingerprint density at radius 1 is 1.42 bits per heavy atom. The zero-order chi connectivity index (χ0) is 16.9. The van der Waals surface area contributed by atoms with E-state index in [1.54, 1.807) is 16.6 Å². The Hall–Kier alpha value is -2.28. The third kappa shape index (κ3) is 2.23. The molecule has 0 aliphatic carbocycles. The maximum atomic E-state index is 12.6. The van der Waals surface area contributed by atoms with Gasteiger partial charge in [-0.25, -0.2) is 9.97 Å².